The summed E-state index contributed by atoms with van der Waals surface area (Å²) in [5, 5.41) is 3.50. The van der Waals surface area contributed by atoms with Gasteiger partial charge in [-0.3, -0.25) is 9.59 Å². The van der Waals surface area contributed by atoms with Crippen molar-refractivity contribution in [3.05, 3.63) is 58.1 Å². The molecule has 0 spiro atoms. The van der Waals surface area contributed by atoms with Crippen LogP contribution in [0.2, 0.25) is 10.0 Å². The summed E-state index contributed by atoms with van der Waals surface area (Å²) >= 11 is 12.0. The molecule has 0 radical (unpaired) electrons. The lowest BCUT2D eigenvalue weighted by Gasteiger charge is -2.20. The number of anilines is 1. The van der Waals surface area contributed by atoms with E-state index in [-0.39, 0.29) is 18.4 Å². The van der Waals surface area contributed by atoms with E-state index in [1.165, 1.54) is 17.0 Å². The molecular weight excluding hydrogens is 427 g/mol. The molecule has 30 heavy (non-hydrogen) atoms. The topological polar surface area (TPSA) is 67.9 Å². The van der Waals surface area contributed by atoms with Gasteiger partial charge in [0.1, 0.15) is 18.0 Å². The summed E-state index contributed by atoms with van der Waals surface area (Å²) in [6, 6.07) is 10.1. The smallest absolute Gasteiger partial charge is 0.247 e. The second kappa shape index (κ2) is 11.5. The van der Waals surface area contributed by atoms with Gasteiger partial charge in [0.15, 0.2) is 0 Å². The number of halogens is 2. The number of nitrogens with one attached hydrogen (secondary N) is 1. The lowest BCUT2D eigenvalue weighted by Crippen LogP contribution is -2.37. The van der Waals surface area contributed by atoms with Crippen molar-refractivity contribution in [2.45, 2.75) is 13.3 Å². The summed E-state index contributed by atoms with van der Waals surface area (Å²) in [7, 11) is 3.12. The number of ether oxygens (including phenoxy) is 2. The van der Waals surface area contributed by atoms with Crippen LogP contribution in [-0.4, -0.2) is 44.0 Å². The number of nitrogens with zero attached hydrogens (tertiary/aromatic N) is 1. The van der Waals surface area contributed by atoms with Crippen LogP contribution in [0, 0.1) is 0 Å². The SMILES string of the molecule is CCCN(CC(=O)Nc1ccc(Cl)cc1Cl)C(=O)/C=C/c1cc(OC)ccc1OC. The fraction of sp³-hybridized carbons (Fsp3) is 0.273. The van der Waals surface area contributed by atoms with Crippen molar-refractivity contribution in [1.82, 2.24) is 4.90 Å². The molecule has 0 saturated heterocycles. The molecule has 0 aliphatic rings. The second-order valence-electron chi connectivity index (χ2n) is 6.37. The van der Waals surface area contributed by atoms with Crippen LogP contribution in [0.3, 0.4) is 0 Å². The molecule has 1 N–H and O–H groups in total. The Bertz CT molecular complexity index is 931. The van der Waals surface area contributed by atoms with E-state index in [0.29, 0.717) is 45.8 Å². The van der Waals surface area contributed by atoms with Gasteiger partial charge in [-0.05, 0) is 48.9 Å². The predicted molar refractivity (Wildman–Crippen MR) is 121 cm³/mol. The van der Waals surface area contributed by atoms with Crippen molar-refractivity contribution >= 4 is 46.8 Å². The molecule has 0 aliphatic carbocycles. The molecule has 0 aromatic heterocycles. The van der Waals surface area contributed by atoms with E-state index in [1.807, 2.05) is 6.92 Å². The quantitative estimate of drug-likeness (QED) is 0.551. The number of methoxy groups -OCH3 is 2. The third-order valence-electron chi connectivity index (χ3n) is 4.19. The maximum atomic E-state index is 12.7. The minimum absolute atomic E-state index is 0.106. The van der Waals surface area contributed by atoms with Crippen molar-refractivity contribution in [2.75, 3.05) is 32.6 Å². The Morgan fingerprint density at radius 1 is 1.10 bits per heavy atom. The Morgan fingerprint density at radius 2 is 1.87 bits per heavy atom. The van der Waals surface area contributed by atoms with Crippen molar-refractivity contribution < 1.29 is 19.1 Å². The van der Waals surface area contributed by atoms with E-state index in [4.69, 9.17) is 32.7 Å². The average molecular weight is 451 g/mol. The van der Waals surface area contributed by atoms with Crippen LogP contribution in [0.25, 0.3) is 6.08 Å². The molecule has 0 aliphatic heterocycles. The van der Waals surface area contributed by atoms with E-state index in [2.05, 4.69) is 5.32 Å². The van der Waals surface area contributed by atoms with Gasteiger partial charge in [0, 0.05) is 23.2 Å². The van der Waals surface area contributed by atoms with Crippen LogP contribution in [0.15, 0.2) is 42.5 Å². The Balaban J connectivity index is 2.10. The van der Waals surface area contributed by atoms with Gasteiger partial charge >= 0.3 is 0 Å². The van der Waals surface area contributed by atoms with Gasteiger partial charge in [-0.15, -0.1) is 0 Å². The molecule has 2 amide bonds. The highest BCUT2D eigenvalue weighted by molar-refractivity contribution is 6.36. The van der Waals surface area contributed by atoms with Gasteiger partial charge in [-0.25, -0.2) is 0 Å². The van der Waals surface area contributed by atoms with Gasteiger partial charge in [0.05, 0.1) is 24.9 Å². The normalized spacial score (nSPS) is 10.7. The monoisotopic (exact) mass is 450 g/mol. The Labute approximate surface area is 186 Å². The summed E-state index contributed by atoms with van der Waals surface area (Å²) in [6.45, 7) is 2.26. The fourth-order valence-electron chi connectivity index (χ4n) is 2.73. The van der Waals surface area contributed by atoms with Crippen molar-refractivity contribution in [1.29, 1.82) is 0 Å². The predicted octanol–water partition coefficient (Wildman–Crippen LogP) is 4.90. The van der Waals surface area contributed by atoms with Crippen LogP contribution >= 0.6 is 23.2 Å². The molecule has 0 saturated carbocycles. The number of carbonyl (C=O) groups excluding carboxylic acids is 2. The first-order chi connectivity index (χ1) is 14.4. The Hall–Kier alpha value is -2.70. The van der Waals surface area contributed by atoms with E-state index in [0.717, 1.165) is 0 Å². The standard InChI is InChI=1S/C22H24Cl2N2O4/c1-4-11-26(14-21(27)25-19-8-6-16(23)13-18(19)24)22(28)10-5-15-12-17(29-2)7-9-20(15)30-3/h5-10,12-13H,4,11,14H2,1-3H3,(H,25,27)/b10-5+. The number of rotatable bonds is 9. The molecule has 2 aromatic carbocycles. The largest absolute Gasteiger partial charge is 0.497 e. The van der Waals surface area contributed by atoms with Crippen molar-refractivity contribution in [3.8, 4) is 11.5 Å². The van der Waals surface area contributed by atoms with Crippen LogP contribution in [0.5, 0.6) is 11.5 Å². The molecule has 6 nitrogen and oxygen atoms in total. The average Bonchev–Trinajstić information content (AvgIpc) is 2.73. The van der Waals surface area contributed by atoms with Crippen LogP contribution in [0.1, 0.15) is 18.9 Å². The minimum atomic E-state index is -0.353. The van der Waals surface area contributed by atoms with Gasteiger partial charge in [0.25, 0.3) is 0 Å². The number of benzene rings is 2. The summed E-state index contributed by atoms with van der Waals surface area (Å²) < 4.78 is 10.5. The first kappa shape index (κ1) is 23.6. The molecule has 0 heterocycles. The molecular formula is C22H24Cl2N2O4. The van der Waals surface area contributed by atoms with Crippen LogP contribution in [0.4, 0.5) is 5.69 Å². The van der Waals surface area contributed by atoms with Crippen molar-refractivity contribution in [2.24, 2.45) is 0 Å². The molecule has 8 heteroatoms. The van der Waals surface area contributed by atoms with Crippen LogP contribution in [-0.2, 0) is 9.59 Å². The van der Waals surface area contributed by atoms with Gasteiger partial charge in [-0.1, -0.05) is 30.1 Å². The highest BCUT2D eigenvalue weighted by Gasteiger charge is 2.16. The van der Waals surface area contributed by atoms with Crippen LogP contribution < -0.4 is 14.8 Å². The van der Waals surface area contributed by atoms with Crippen molar-refractivity contribution in [3.63, 3.8) is 0 Å². The zero-order valence-corrected chi connectivity index (χ0v) is 18.6. The molecule has 0 fully saturated rings. The summed E-state index contributed by atoms with van der Waals surface area (Å²) in [5.41, 5.74) is 1.13. The minimum Gasteiger partial charge on any atom is -0.497 e. The molecule has 160 valence electrons. The fourth-order valence-corrected chi connectivity index (χ4v) is 3.18. The highest BCUT2D eigenvalue weighted by Crippen LogP contribution is 2.26. The summed E-state index contributed by atoms with van der Waals surface area (Å²) in [5.74, 6) is 0.608. The van der Waals surface area contributed by atoms with Gasteiger partial charge in [0.2, 0.25) is 11.8 Å². The zero-order valence-electron chi connectivity index (χ0n) is 17.1. The number of amides is 2. The Kier molecular flexibility index (Phi) is 9.02. The maximum Gasteiger partial charge on any atom is 0.247 e. The maximum absolute atomic E-state index is 12.7. The second-order valence-corrected chi connectivity index (χ2v) is 7.22. The van der Waals surface area contributed by atoms with E-state index < -0.39 is 0 Å². The summed E-state index contributed by atoms with van der Waals surface area (Å²) in [6.07, 6.45) is 3.76. The third-order valence-corrected chi connectivity index (χ3v) is 4.74. The first-order valence-electron chi connectivity index (χ1n) is 9.31. The Morgan fingerprint density at radius 3 is 2.50 bits per heavy atom. The third kappa shape index (κ3) is 6.68. The molecule has 0 unspecified atom stereocenters. The first-order valence-corrected chi connectivity index (χ1v) is 10.1. The molecule has 2 rings (SSSR count). The number of hydrogen-bond acceptors (Lipinski definition) is 4. The van der Waals surface area contributed by atoms with Gasteiger partial charge < -0.3 is 19.7 Å². The highest BCUT2D eigenvalue weighted by atomic mass is 35.5. The lowest BCUT2D eigenvalue weighted by atomic mass is 10.1. The molecule has 0 bridgehead atoms. The number of hydrogen-bond donors (Lipinski definition) is 1. The van der Waals surface area contributed by atoms with E-state index in [9.17, 15) is 9.59 Å². The van der Waals surface area contributed by atoms with E-state index in [1.54, 1.807) is 50.6 Å². The number of carbonyl (C=O) groups is 2. The van der Waals surface area contributed by atoms with E-state index >= 15 is 0 Å². The lowest BCUT2D eigenvalue weighted by molar-refractivity contribution is -0.130. The summed E-state index contributed by atoms with van der Waals surface area (Å²) in [4.78, 5) is 26.6. The zero-order chi connectivity index (χ0) is 22.1. The molecule has 2 aromatic rings. The van der Waals surface area contributed by atoms with Gasteiger partial charge in [-0.2, -0.15) is 0 Å². The molecule has 0 atom stereocenters.